The highest BCUT2D eigenvalue weighted by Crippen LogP contribution is 2.14. The number of benzene rings is 1. The summed E-state index contributed by atoms with van der Waals surface area (Å²) in [5.74, 6) is 1.12. The predicted molar refractivity (Wildman–Crippen MR) is 72.1 cm³/mol. The first-order valence-electron chi connectivity index (χ1n) is 6.03. The highest BCUT2D eigenvalue weighted by Gasteiger charge is 2.04. The molecule has 17 heavy (non-hydrogen) atoms. The molecule has 0 aliphatic rings. The first-order chi connectivity index (χ1) is 8.33. The van der Waals surface area contributed by atoms with Crippen molar-refractivity contribution in [2.24, 2.45) is 7.05 Å². The van der Waals surface area contributed by atoms with Gasteiger partial charge in [0.15, 0.2) is 0 Å². The molecule has 0 spiro atoms. The summed E-state index contributed by atoms with van der Waals surface area (Å²) < 4.78 is 2.16. The fourth-order valence-corrected chi connectivity index (χ4v) is 1.91. The second-order valence-electron chi connectivity index (χ2n) is 4.14. The second-order valence-corrected chi connectivity index (χ2v) is 4.14. The number of aryl methyl sites for hydroxylation is 1. The Kier molecular flexibility index (Phi) is 3.94. The van der Waals surface area contributed by atoms with Crippen LogP contribution in [0.4, 0.5) is 0 Å². The van der Waals surface area contributed by atoms with Crippen LogP contribution in [0.3, 0.4) is 0 Å². The third-order valence-electron chi connectivity index (χ3n) is 2.91. The van der Waals surface area contributed by atoms with Gasteiger partial charge in [-0.25, -0.2) is 4.98 Å². The highest BCUT2D eigenvalue weighted by atomic mass is 15.1. The fraction of sp³-hybridized carbons (Fsp3) is 0.357. The van der Waals surface area contributed by atoms with E-state index in [1.54, 1.807) is 0 Å². The first kappa shape index (κ1) is 11.9. The molecule has 0 saturated heterocycles. The van der Waals surface area contributed by atoms with Crippen molar-refractivity contribution in [3.05, 3.63) is 42.2 Å². The summed E-state index contributed by atoms with van der Waals surface area (Å²) >= 11 is 0. The minimum Gasteiger partial charge on any atom is -0.331 e. The molecular weight excluding hydrogens is 210 g/mol. The molecule has 3 nitrogen and oxygen atoms in total. The molecule has 0 saturated carbocycles. The van der Waals surface area contributed by atoms with Crippen molar-refractivity contribution in [1.82, 2.24) is 14.9 Å². The summed E-state index contributed by atoms with van der Waals surface area (Å²) in [6.07, 6.45) is 6.36. The molecule has 0 fully saturated rings. The lowest BCUT2D eigenvalue weighted by atomic mass is 10.3. The van der Waals surface area contributed by atoms with Crippen molar-refractivity contribution in [2.75, 3.05) is 13.6 Å². The number of nitrogens with one attached hydrogen (secondary N) is 1. The maximum absolute atomic E-state index is 4.63. The maximum atomic E-state index is 4.63. The molecule has 0 bridgehead atoms. The smallest absolute Gasteiger partial charge is 0.113 e. The molecule has 2 aromatic rings. The van der Waals surface area contributed by atoms with E-state index in [1.807, 2.05) is 13.1 Å². The molecule has 3 heteroatoms. The Morgan fingerprint density at radius 1 is 1.29 bits per heavy atom. The number of hydrogen-bond acceptors (Lipinski definition) is 2. The largest absolute Gasteiger partial charge is 0.331 e. The van der Waals surface area contributed by atoms with E-state index in [0.717, 1.165) is 30.7 Å². The molecular formula is C14H19N3. The second kappa shape index (κ2) is 5.64. The minimum atomic E-state index is 0.898. The summed E-state index contributed by atoms with van der Waals surface area (Å²) in [7, 11) is 4.05. The van der Waals surface area contributed by atoms with Crippen molar-refractivity contribution in [1.29, 1.82) is 0 Å². The zero-order valence-electron chi connectivity index (χ0n) is 10.5. The lowest BCUT2D eigenvalue weighted by molar-refractivity contribution is 0.803. The number of nitrogens with zero attached hydrogens (tertiary/aromatic N) is 2. The van der Waals surface area contributed by atoms with Gasteiger partial charge in [0.25, 0.3) is 0 Å². The molecule has 90 valence electrons. The van der Waals surface area contributed by atoms with Gasteiger partial charge in [0, 0.05) is 13.5 Å². The van der Waals surface area contributed by atoms with Crippen molar-refractivity contribution < 1.29 is 0 Å². The van der Waals surface area contributed by atoms with Crippen molar-refractivity contribution >= 4 is 11.0 Å². The number of allylic oxidation sites excluding steroid dienone is 1. The van der Waals surface area contributed by atoms with Gasteiger partial charge in [-0.2, -0.15) is 0 Å². The molecule has 0 atom stereocenters. The molecule has 0 radical (unpaired) electrons. The molecule has 1 aromatic carbocycles. The van der Waals surface area contributed by atoms with Crippen LogP contribution >= 0.6 is 0 Å². The van der Waals surface area contributed by atoms with E-state index in [4.69, 9.17) is 0 Å². The predicted octanol–water partition coefficient (Wildman–Crippen LogP) is 2.28. The van der Waals surface area contributed by atoms with Crippen LogP contribution in [-0.4, -0.2) is 23.1 Å². The third-order valence-corrected chi connectivity index (χ3v) is 2.91. The molecule has 0 amide bonds. The molecule has 0 aliphatic heterocycles. The van der Waals surface area contributed by atoms with Crippen LogP contribution in [0.15, 0.2) is 36.4 Å². The highest BCUT2D eigenvalue weighted by molar-refractivity contribution is 5.75. The van der Waals surface area contributed by atoms with Gasteiger partial charge in [-0.15, -0.1) is 0 Å². The Morgan fingerprint density at radius 2 is 2.12 bits per heavy atom. The maximum Gasteiger partial charge on any atom is 0.113 e. The van der Waals surface area contributed by atoms with Crippen LogP contribution in [0.1, 0.15) is 12.2 Å². The number of fused-ring (bicyclic) bond motifs is 1. The summed E-state index contributed by atoms with van der Waals surface area (Å²) in [4.78, 5) is 4.63. The number of aromatic nitrogens is 2. The molecule has 0 aliphatic carbocycles. The van der Waals surface area contributed by atoms with Gasteiger partial charge in [0.05, 0.1) is 11.0 Å². The summed E-state index contributed by atoms with van der Waals surface area (Å²) in [6, 6.07) is 8.25. The Labute approximate surface area is 102 Å². The standard InChI is InChI=1S/C14H19N3/c1-15-11-7-3-4-10-14-16-12-8-5-6-9-13(12)17(14)2/h3-6,8-9,15H,7,10-11H2,1-2H3. The van der Waals surface area contributed by atoms with E-state index in [2.05, 4.69) is 52.3 Å². The van der Waals surface area contributed by atoms with Gasteiger partial charge in [-0.1, -0.05) is 24.3 Å². The SMILES string of the molecule is CNCCC=CCc1nc2ccccc2n1C. The average Bonchev–Trinajstić information content (AvgIpc) is 2.67. The Hall–Kier alpha value is -1.61. The molecule has 1 aromatic heterocycles. The lowest BCUT2D eigenvalue weighted by Gasteiger charge is -1.98. The molecule has 1 N–H and O–H groups in total. The monoisotopic (exact) mass is 229 g/mol. The van der Waals surface area contributed by atoms with Crippen LogP contribution < -0.4 is 5.32 Å². The van der Waals surface area contributed by atoms with E-state index in [-0.39, 0.29) is 0 Å². The molecule has 1 heterocycles. The first-order valence-corrected chi connectivity index (χ1v) is 6.03. The van der Waals surface area contributed by atoms with Crippen LogP contribution in [0.2, 0.25) is 0 Å². The third kappa shape index (κ3) is 2.74. The van der Waals surface area contributed by atoms with E-state index in [9.17, 15) is 0 Å². The van der Waals surface area contributed by atoms with Crippen molar-refractivity contribution in [2.45, 2.75) is 12.8 Å². The van der Waals surface area contributed by atoms with Crippen molar-refractivity contribution in [3.63, 3.8) is 0 Å². The van der Waals surface area contributed by atoms with Gasteiger partial charge in [-0.05, 0) is 32.1 Å². The summed E-state index contributed by atoms with van der Waals surface area (Å²) in [6.45, 7) is 1.03. The van der Waals surface area contributed by atoms with Crippen LogP contribution in [0.25, 0.3) is 11.0 Å². The zero-order chi connectivity index (χ0) is 12.1. The van der Waals surface area contributed by atoms with Crippen molar-refractivity contribution in [3.8, 4) is 0 Å². The van der Waals surface area contributed by atoms with Gasteiger partial charge >= 0.3 is 0 Å². The van der Waals surface area contributed by atoms with Gasteiger partial charge in [-0.3, -0.25) is 0 Å². The van der Waals surface area contributed by atoms with E-state index in [1.165, 1.54) is 5.52 Å². The zero-order valence-corrected chi connectivity index (χ0v) is 10.5. The minimum absolute atomic E-state index is 0.898. The van der Waals surface area contributed by atoms with E-state index < -0.39 is 0 Å². The Bertz CT molecular complexity index is 511. The Balaban J connectivity index is 2.08. The number of hydrogen-bond donors (Lipinski definition) is 1. The number of imidazole rings is 1. The molecule has 0 unspecified atom stereocenters. The van der Waals surface area contributed by atoms with Gasteiger partial charge in [0.2, 0.25) is 0 Å². The summed E-state index contributed by atoms with van der Waals surface area (Å²) in [5.41, 5.74) is 2.28. The van der Waals surface area contributed by atoms with Gasteiger partial charge < -0.3 is 9.88 Å². The van der Waals surface area contributed by atoms with Crippen LogP contribution in [0, 0.1) is 0 Å². The van der Waals surface area contributed by atoms with Crippen LogP contribution in [0.5, 0.6) is 0 Å². The van der Waals surface area contributed by atoms with Crippen LogP contribution in [-0.2, 0) is 13.5 Å². The Morgan fingerprint density at radius 3 is 2.88 bits per heavy atom. The normalized spacial score (nSPS) is 11.6. The number of rotatable bonds is 5. The average molecular weight is 229 g/mol. The summed E-state index contributed by atoms with van der Waals surface area (Å²) in [5, 5.41) is 3.13. The lowest BCUT2D eigenvalue weighted by Crippen LogP contribution is -2.05. The molecule has 2 rings (SSSR count). The topological polar surface area (TPSA) is 29.9 Å². The van der Waals surface area contributed by atoms with E-state index >= 15 is 0 Å². The quantitative estimate of drug-likeness (QED) is 0.629. The van der Waals surface area contributed by atoms with Gasteiger partial charge in [0.1, 0.15) is 5.82 Å². The fourth-order valence-electron chi connectivity index (χ4n) is 1.91. The van der Waals surface area contributed by atoms with E-state index in [0.29, 0.717) is 0 Å². The number of para-hydroxylation sites is 2.